The van der Waals surface area contributed by atoms with E-state index in [-0.39, 0.29) is 16.3 Å². The number of nitrogens with one attached hydrogen (secondary N) is 1. The molecule has 2 aromatic rings. The molecule has 3 rings (SSSR count). The van der Waals surface area contributed by atoms with E-state index in [1.165, 1.54) is 36.7 Å². The number of hydrogen-bond donors (Lipinski definition) is 1. The first-order valence-electron chi connectivity index (χ1n) is 10.0. The van der Waals surface area contributed by atoms with Gasteiger partial charge in [-0.25, -0.2) is 16.8 Å². The van der Waals surface area contributed by atoms with E-state index >= 15 is 0 Å². The van der Waals surface area contributed by atoms with Crippen LogP contribution >= 0.6 is 0 Å². The normalized spacial score (nSPS) is 16.1. The Morgan fingerprint density at radius 3 is 2.25 bits per heavy atom. The number of nitrogens with zero attached hydrogens (tertiary/aromatic N) is 2. The molecule has 0 radical (unpaired) electrons. The van der Waals surface area contributed by atoms with E-state index in [1.807, 2.05) is 0 Å². The van der Waals surface area contributed by atoms with Crippen molar-refractivity contribution in [2.45, 2.75) is 23.8 Å². The second-order valence-corrected chi connectivity index (χ2v) is 11.5. The van der Waals surface area contributed by atoms with Crippen LogP contribution in [0.3, 0.4) is 0 Å². The first-order valence-corrected chi connectivity index (χ1v) is 13.3. The molecule has 1 heterocycles. The van der Waals surface area contributed by atoms with Gasteiger partial charge in [0.15, 0.2) is 0 Å². The molecular weight excluding hydrogens is 454 g/mol. The number of sulfonamides is 2. The predicted molar refractivity (Wildman–Crippen MR) is 121 cm³/mol. The van der Waals surface area contributed by atoms with Gasteiger partial charge in [-0.15, -0.1) is 0 Å². The van der Waals surface area contributed by atoms with Crippen LogP contribution in [0.1, 0.15) is 24.4 Å². The van der Waals surface area contributed by atoms with Crippen LogP contribution in [0.2, 0.25) is 0 Å². The van der Waals surface area contributed by atoms with E-state index < -0.39 is 32.0 Å². The third-order valence-electron chi connectivity index (χ3n) is 5.38. The number of carbonyl (C=O) groups excluding carboxylic acids is 1. The topological polar surface area (TPSA) is 113 Å². The van der Waals surface area contributed by atoms with Crippen LogP contribution in [0.4, 0.5) is 5.69 Å². The Balaban J connectivity index is 1.98. The Morgan fingerprint density at radius 2 is 1.69 bits per heavy atom. The first kappa shape index (κ1) is 24.2. The van der Waals surface area contributed by atoms with Crippen LogP contribution in [-0.4, -0.2) is 64.9 Å². The molecule has 1 aliphatic rings. The average molecular weight is 482 g/mol. The zero-order valence-corrected chi connectivity index (χ0v) is 19.8. The molecule has 0 spiro atoms. The SMILES string of the molecule is COc1ccc(S(=O)(=O)N2CCCC2)cc1NC(=O)[C@H](c1ccccc1)N(C)S(C)(=O)=O. The van der Waals surface area contributed by atoms with Gasteiger partial charge in [0.25, 0.3) is 0 Å². The van der Waals surface area contributed by atoms with Gasteiger partial charge in [0.2, 0.25) is 26.0 Å². The molecule has 32 heavy (non-hydrogen) atoms. The molecule has 1 N–H and O–H groups in total. The van der Waals surface area contributed by atoms with Gasteiger partial charge in [0, 0.05) is 20.1 Å². The second kappa shape index (κ2) is 9.57. The summed E-state index contributed by atoms with van der Waals surface area (Å²) in [7, 11) is -4.70. The maximum absolute atomic E-state index is 13.3. The molecule has 1 fully saturated rings. The maximum Gasteiger partial charge on any atom is 0.247 e. The smallest absolute Gasteiger partial charge is 0.247 e. The molecule has 9 nitrogen and oxygen atoms in total. The summed E-state index contributed by atoms with van der Waals surface area (Å²) in [6, 6.07) is 11.5. The quantitative estimate of drug-likeness (QED) is 0.617. The molecule has 1 saturated heterocycles. The van der Waals surface area contributed by atoms with E-state index in [4.69, 9.17) is 4.74 Å². The Kier molecular flexibility index (Phi) is 7.23. The molecule has 0 unspecified atom stereocenters. The summed E-state index contributed by atoms with van der Waals surface area (Å²) >= 11 is 0. The lowest BCUT2D eigenvalue weighted by molar-refractivity contribution is -0.119. The zero-order valence-electron chi connectivity index (χ0n) is 18.2. The minimum absolute atomic E-state index is 0.0308. The largest absolute Gasteiger partial charge is 0.495 e. The molecule has 11 heteroatoms. The zero-order chi connectivity index (χ0) is 23.5. The van der Waals surface area contributed by atoms with Crippen molar-refractivity contribution in [1.82, 2.24) is 8.61 Å². The lowest BCUT2D eigenvalue weighted by atomic mass is 10.1. The molecular formula is C21H27N3O6S2. The number of benzene rings is 2. The Hall–Kier alpha value is -2.47. The fraction of sp³-hybridized carbons (Fsp3) is 0.381. The number of carbonyl (C=O) groups is 1. The van der Waals surface area contributed by atoms with Crippen molar-refractivity contribution >= 4 is 31.6 Å². The summed E-state index contributed by atoms with van der Waals surface area (Å²) in [5.41, 5.74) is 0.610. The van der Waals surface area contributed by atoms with Gasteiger partial charge in [0.05, 0.1) is 23.9 Å². The van der Waals surface area contributed by atoms with E-state index in [9.17, 15) is 21.6 Å². The summed E-state index contributed by atoms with van der Waals surface area (Å²) in [5, 5.41) is 2.66. The highest BCUT2D eigenvalue weighted by Gasteiger charge is 2.32. The minimum atomic E-state index is -3.71. The third-order valence-corrected chi connectivity index (χ3v) is 8.53. The summed E-state index contributed by atoms with van der Waals surface area (Å²) in [4.78, 5) is 13.3. The number of likely N-dealkylation sites (N-methyl/N-ethyl adjacent to an activating group) is 1. The standard InChI is InChI=1S/C21H27N3O6S2/c1-23(31(3,26)27)20(16-9-5-4-6-10-16)21(25)22-18-15-17(11-12-19(18)30-2)32(28,29)24-13-7-8-14-24/h4-6,9-12,15,20H,7-8,13-14H2,1-3H3,(H,22,25)/t20-/m0/s1. The first-order chi connectivity index (χ1) is 15.1. The molecule has 0 saturated carbocycles. The number of ether oxygens (including phenoxy) is 1. The van der Waals surface area contributed by atoms with E-state index in [0.717, 1.165) is 23.4 Å². The summed E-state index contributed by atoms with van der Waals surface area (Å²) in [6.45, 7) is 0.899. The van der Waals surface area contributed by atoms with Crippen LogP contribution in [0.5, 0.6) is 5.75 Å². The van der Waals surface area contributed by atoms with Crippen LogP contribution in [0.15, 0.2) is 53.4 Å². The lowest BCUT2D eigenvalue weighted by Crippen LogP contribution is -2.38. The summed E-state index contributed by atoms with van der Waals surface area (Å²) < 4.78 is 58.0. The van der Waals surface area contributed by atoms with Gasteiger partial charge in [0.1, 0.15) is 11.8 Å². The second-order valence-electron chi connectivity index (χ2n) is 7.55. The highest BCUT2D eigenvalue weighted by atomic mass is 32.2. The van der Waals surface area contributed by atoms with Crippen molar-refractivity contribution in [3.63, 3.8) is 0 Å². The fourth-order valence-electron chi connectivity index (χ4n) is 3.58. The predicted octanol–water partition coefficient (Wildman–Crippen LogP) is 2.05. The maximum atomic E-state index is 13.3. The van der Waals surface area contributed by atoms with Crippen molar-refractivity contribution in [2.24, 2.45) is 0 Å². The molecule has 1 atom stereocenters. The van der Waals surface area contributed by atoms with Crippen LogP contribution in [-0.2, 0) is 24.8 Å². The molecule has 1 aliphatic heterocycles. The van der Waals surface area contributed by atoms with Crippen molar-refractivity contribution in [2.75, 3.05) is 38.8 Å². The molecule has 1 amide bonds. The van der Waals surface area contributed by atoms with Crippen LogP contribution < -0.4 is 10.1 Å². The van der Waals surface area contributed by atoms with Gasteiger partial charge in [-0.2, -0.15) is 8.61 Å². The Morgan fingerprint density at radius 1 is 1.06 bits per heavy atom. The molecule has 0 aromatic heterocycles. The Labute approximate surface area is 189 Å². The van der Waals surface area contributed by atoms with Crippen molar-refractivity contribution in [1.29, 1.82) is 0 Å². The van der Waals surface area contributed by atoms with Gasteiger partial charge in [-0.05, 0) is 36.6 Å². The van der Waals surface area contributed by atoms with Gasteiger partial charge in [-0.3, -0.25) is 4.79 Å². The molecule has 0 aliphatic carbocycles. The number of amides is 1. The van der Waals surface area contributed by atoms with Crippen molar-refractivity contribution in [3.8, 4) is 5.75 Å². The van der Waals surface area contributed by atoms with Crippen molar-refractivity contribution in [3.05, 3.63) is 54.1 Å². The highest BCUT2D eigenvalue weighted by molar-refractivity contribution is 7.89. The number of rotatable bonds is 8. The lowest BCUT2D eigenvalue weighted by Gasteiger charge is -2.26. The Bertz CT molecular complexity index is 1180. The molecule has 174 valence electrons. The third kappa shape index (κ3) is 5.12. The van der Waals surface area contributed by atoms with Gasteiger partial charge < -0.3 is 10.1 Å². The monoisotopic (exact) mass is 481 g/mol. The van der Waals surface area contributed by atoms with Gasteiger partial charge >= 0.3 is 0 Å². The van der Waals surface area contributed by atoms with Crippen molar-refractivity contribution < 1.29 is 26.4 Å². The van der Waals surface area contributed by atoms with E-state index in [0.29, 0.717) is 18.7 Å². The number of anilines is 1. The average Bonchev–Trinajstić information content (AvgIpc) is 3.30. The van der Waals surface area contributed by atoms with Gasteiger partial charge in [-0.1, -0.05) is 30.3 Å². The molecule has 0 bridgehead atoms. The van der Waals surface area contributed by atoms with E-state index in [2.05, 4.69) is 5.32 Å². The minimum Gasteiger partial charge on any atom is -0.495 e. The number of methoxy groups -OCH3 is 1. The molecule has 2 aromatic carbocycles. The number of hydrogen-bond acceptors (Lipinski definition) is 6. The summed E-state index contributed by atoms with van der Waals surface area (Å²) in [5.74, 6) is -0.384. The summed E-state index contributed by atoms with van der Waals surface area (Å²) in [6.07, 6.45) is 2.62. The van der Waals surface area contributed by atoms with Crippen LogP contribution in [0, 0.1) is 0 Å². The fourth-order valence-corrected chi connectivity index (χ4v) is 5.72. The van der Waals surface area contributed by atoms with E-state index in [1.54, 1.807) is 30.3 Å². The highest BCUT2D eigenvalue weighted by Crippen LogP contribution is 2.32. The van der Waals surface area contributed by atoms with Crippen LogP contribution in [0.25, 0.3) is 0 Å².